The van der Waals surface area contributed by atoms with E-state index in [1.807, 2.05) is 56.6 Å². The van der Waals surface area contributed by atoms with Crippen molar-refractivity contribution in [2.45, 2.75) is 4.90 Å². The normalized spacial score (nSPS) is 11.8. The van der Waals surface area contributed by atoms with Crippen LogP contribution >= 0.6 is 11.8 Å². The molecule has 0 saturated heterocycles. The average Bonchev–Trinajstić information content (AvgIpc) is 3.08. The van der Waals surface area contributed by atoms with Crippen molar-refractivity contribution >= 4 is 50.8 Å². The monoisotopic (exact) mass is 418 g/mol. The third kappa shape index (κ3) is 4.19. The lowest BCUT2D eigenvalue weighted by Crippen LogP contribution is -2.14. The second kappa shape index (κ2) is 8.64. The highest BCUT2D eigenvalue weighted by Crippen LogP contribution is 2.37. The summed E-state index contributed by atoms with van der Waals surface area (Å²) < 4.78 is 0. The Labute approximate surface area is 178 Å². The summed E-state index contributed by atoms with van der Waals surface area (Å²) in [7, 11) is 4.09. The number of azo groups is 1. The SMILES string of the molecule is CN(C)CCSc1cccc2c(N=NC(=O)c3cc4ccccc4cn3)[nH]c(N)c12. The predicted molar refractivity (Wildman–Crippen MR) is 123 cm³/mol. The van der Waals surface area contributed by atoms with Crippen LogP contribution in [-0.4, -0.2) is 47.2 Å². The van der Waals surface area contributed by atoms with Crippen molar-refractivity contribution in [3.05, 3.63) is 60.4 Å². The van der Waals surface area contributed by atoms with Crippen LogP contribution in [0.5, 0.6) is 0 Å². The zero-order valence-electron chi connectivity index (χ0n) is 16.8. The van der Waals surface area contributed by atoms with Crippen molar-refractivity contribution in [3.63, 3.8) is 0 Å². The minimum absolute atomic E-state index is 0.251. The number of nitrogens with two attached hydrogens (primary N) is 1. The first-order valence-corrected chi connectivity index (χ1v) is 10.5. The maximum absolute atomic E-state index is 12.5. The van der Waals surface area contributed by atoms with Gasteiger partial charge in [-0.3, -0.25) is 9.78 Å². The number of aromatic amines is 1. The van der Waals surface area contributed by atoms with Gasteiger partial charge < -0.3 is 15.6 Å². The third-order valence-electron chi connectivity index (χ3n) is 4.69. The average molecular weight is 419 g/mol. The Kier molecular flexibility index (Phi) is 5.78. The van der Waals surface area contributed by atoms with Gasteiger partial charge in [-0.2, -0.15) is 0 Å². The molecule has 0 aliphatic carbocycles. The highest BCUT2D eigenvalue weighted by atomic mass is 32.2. The number of hydrogen-bond acceptors (Lipinski definition) is 6. The lowest BCUT2D eigenvalue weighted by molar-refractivity contribution is 0.0990. The van der Waals surface area contributed by atoms with Crippen molar-refractivity contribution in [2.75, 3.05) is 32.1 Å². The second-order valence-electron chi connectivity index (χ2n) is 7.14. The zero-order valence-corrected chi connectivity index (χ0v) is 17.6. The molecule has 30 heavy (non-hydrogen) atoms. The summed E-state index contributed by atoms with van der Waals surface area (Å²) in [5.41, 5.74) is 6.46. The number of pyridine rings is 1. The molecule has 0 unspecified atom stereocenters. The number of anilines is 1. The van der Waals surface area contributed by atoms with Crippen LogP contribution in [0.15, 0.2) is 69.9 Å². The number of amides is 1. The van der Waals surface area contributed by atoms with Crippen LogP contribution in [0.1, 0.15) is 10.5 Å². The van der Waals surface area contributed by atoms with Crippen LogP contribution in [0, 0.1) is 0 Å². The topological polar surface area (TPSA) is 99.7 Å². The molecule has 0 fully saturated rings. The summed E-state index contributed by atoms with van der Waals surface area (Å²) >= 11 is 1.74. The summed E-state index contributed by atoms with van der Waals surface area (Å²) in [5.74, 6) is 1.42. The lowest BCUT2D eigenvalue weighted by atomic mass is 10.1. The van der Waals surface area contributed by atoms with Crippen molar-refractivity contribution in [2.24, 2.45) is 10.2 Å². The number of hydrogen-bond donors (Lipinski definition) is 2. The largest absolute Gasteiger partial charge is 0.385 e. The number of carbonyl (C=O) groups excluding carboxylic acids is 1. The van der Waals surface area contributed by atoms with E-state index < -0.39 is 5.91 Å². The molecule has 1 amide bonds. The number of nitrogen functional groups attached to an aromatic ring is 1. The maximum Gasteiger partial charge on any atom is 0.314 e. The van der Waals surface area contributed by atoms with E-state index in [1.54, 1.807) is 24.0 Å². The number of thioether (sulfide) groups is 1. The van der Waals surface area contributed by atoms with Crippen LogP contribution in [0.2, 0.25) is 0 Å². The number of nitrogens with zero attached hydrogens (tertiary/aromatic N) is 4. The van der Waals surface area contributed by atoms with Crippen LogP contribution in [0.25, 0.3) is 21.5 Å². The van der Waals surface area contributed by atoms with Gasteiger partial charge >= 0.3 is 5.91 Å². The number of H-pyrrole nitrogens is 1. The minimum Gasteiger partial charge on any atom is -0.385 e. The first kappa shape index (κ1) is 20.1. The fourth-order valence-corrected chi connectivity index (χ4v) is 4.36. The number of benzene rings is 2. The Hall–Kier alpha value is -3.23. The number of aromatic nitrogens is 2. The maximum atomic E-state index is 12.5. The smallest absolute Gasteiger partial charge is 0.314 e. The van der Waals surface area contributed by atoms with Crippen molar-refractivity contribution in [1.82, 2.24) is 14.9 Å². The molecule has 0 bridgehead atoms. The Balaban J connectivity index is 1.59. The van der Waals surface area contributed by atoms with Gasteiger partial charge in [0, 0.05) is 39.5 Å². The summed E-state index contributed by atoms with van der Waals surface area (Å²) in [6.45, 7) is 0.963. The van der Waals surface area contributed by atoms with Gasteiger partial charge in [0.25, 0.3) is 0 Å². The van der Waals surface area contributed by atoms with Gasteiger partial charge in [0.15, 0.2) is 5.82 Å². The van der Waals surface area contributed by atoms with Crippen LogP contribution < -0.4 is 5.73 Å². The molecule has 0 atom stereocenters. The van der Waals surface area contributed by atoms with Crippen molar-refractivity contribution in [1.29, 1.82) is 0 Å². The van der Waals surface area contributed by atoms with Gasteiger partial charge in [0.05, 0.1) is 0 Å². The molecule has 3 N–H and O–H groups in total. The van der Waals surface area contributed by atoms with Gasteiger partial charge in [-0.25, -0.2) is 0 Å². The lowest BCUT2D eigenvalue weighted by Gasteiger charge is -2.09. The van der Waals surface area contributed by atoms with E-state index in [0.29, 0.717) is 11.6 Å². The number of carbonyl (C=O) groups is 1. The highest BCUT2D eigenvalue weighted by Gasteiger charge is 2.13. The van der Waals surface area contributed by atoms with E-state index in [0.717, 1.165) is 38.7 Å². The fourth-order valence-electron chi connectivity index (χ4n) is 3.15. The molecule has 2 aromatic carbocycles. The Bertz CT molecular complexity index is 1250. The fraction of sp³-hybridized carbons (Fsp3) is 0.182. The molecule has 0 saturated carbocycles. The summed E-state index contributed by atoms with van der Waals surface area (Å²) in [6.07, 6.45) is 1.66. The standard InChI is InChI=1S/C22H22N6OS/c1-28(2)10-11-30-18-9-5-8-16-19(18)20(23)25-21(16)26-27-22(29)17-12-14-6-3-4-7-15(14)13-24-17/h3-9,12-13,25H,10-11,23H2,1-2H3. The summed E-state index contributed by atoms with van der Waals surface area (Å²) in [4.78, 5) is 23.0. The number of fused-ring (bicyclic) bond motifs is 2. The molecular formula is C22H22N6OS. The predicted octanol–water partition coefficient (Wildman–Crippen LogP) is 4.88. The van der Waals surface area contributed by atoms with Crippen LogP contribution in [0.4, 0.5) is 11.6 Å². The summed E-state index contributed by atoms with van der Waals surface area (Å²) in [5, 5.41) is 11.7. The van der Waals surface area contributed by atoms with E-state index in [-0.39, 0.29) is 5.69 Å². The molecule has 2 heterocycles. The number of nitrogens with one attached hydrogen (secondary N) is 1. The molecule has 0 aliphatic heterocycles. The molecule has 0 radical (unpaired) electrons. The molecule has 4 rings (SSSR count). The molecule has 7 nitrogen and oxygen atoms in total. The van der Waals surface area contributed by atoms with Gasteiger partial charge in [-0.15, -0.1) is 22.0 Å². The van der Waals surface area contributed by atoms with E-state index in [1.165, 1.54) is 0 Å². The molecule has 0 aliphatic rings. The van der Waals surface area contributed by atoms with Gasteiger partial charge in [0.2, 0.25) is 0 Å². The van der Waals surface area contributed by atoms with E-state index in [4.69, 9.17) is 5.73 Å². The van der Waals surface area contributed by atoms with Crippen LogP contribution in [-0.2, 0) is 0 Å². The third-order valence-corrected chi connectivity index (χ3v) is 5.73. The Morgan fingerprint density at radius 3 is 2.77 bits per heavy atom. The molecular weight excluding hydrogens is 396 g/mol. The van der Waals surface area contributed by atoms with E-state index in [2.05, 4.69) is 25.1 Å². The van der Waals surface area contributed by atoms with Crippen molar-refractivity contribution in [3.8, 4) is 0 Å². The van der Waals surface area contributed by atoms with Crippen molar-refractivity contribution < 1.29 is 4.79 Å². The summed E-state index contributed by atoms with van der Waals surface area (Å²) in [6, 6.07) is 15.4. The van der Waals surface area contributed by atoms with Gasteiger partial charge in [-0.05, 0) is 31.6 Å². The second-order valence-corrected chi connectivity index (χ2v) is 8.28. The first-order chi connectivity index (χ1) is 14.5. The van der Waals surface area contributed by atoms with E-state index in [9.17, 15) is 4.79 Å². The molecule has 8 heteroatoms. The Morgan fingerprint density at radius 2 is 1.97 bits per heavy atom. The van der Waals surface area contributed by atoms with Crippen LogP contribution in [0.3, 0.4) is 0 Å². The quantitative estimate of drug-likeness (QED) is 0.343. The van der Waals surface area contributed by atoms with Gasteiger partial charge in [-0.1, -0.05) is 36.4 Å². The zero-order chi connectivity index (χ0) is 21.1. The molecule has 152 valence electrons. The molecule has 4 aromatic rings. The van der Waals surface area contributed by atoms with Gasteiger partial charge in [0.1, 0.15) is 11.5 Å². The minimum atomic E-state index is -0.501. The highest BCUT2D eigenvalue weighted by molar-refractivity contribution is 7.99. The number of rotatable bonds is 6. The van der Waals surface area contributed by atoms with E-state index >= 15 is 0 Å². The molecule has 0 spiro atoms. The molecule has 2 aromatic heterocycles. The first-order valence-electron chi connectivity index (χ1n) is 9.51. The Morgan fingerprint density at radius 1 is 1.17 bits per heavy atom.